The largest absolute Gasteiger partial charge is 0.488 e. The van der Waals surface area contributed by atoms with Crippen molar-refractivity contribution in [1.82, 2.24) is 15.8 Å². The zero-order chi connectivity index (χ0) is 18.6. The monoisotopic (exact) mass is 361 g/mol. The molecule has 0 saturated heterocycles. The standard InChI is InChI=1S/C22H23N3O2/c1-15(26)24-25-22(17-9-5-10-17)20-13-18-19(23-20)11-6-12-21(18)27-14-16-7-3-2-4-8-16/h2-4,6-8,11-13,23,25H,5,9-10,14H2,1H3,(H,24,26). The summed E-state index contributed by atoms with van der Waals surface area (Å²) >= 11 is 0. The fraction of sp³-hybridized carbons (Fsp3) is 0.227. The van der Waals surface area contributed by atoms with E-state index in [1.165, 1.54) is 18.9 Å². The number of carbonyl (C=O) groups excluding carboxylic acids is 1. The van der Waals surface area contributed by atoms with E-state index in [0.29, 0.717) is 6.61 Å². The van der Waals surface area contributed by atoms with Crippen LogP contribution in [0.5, 0.6) is 5.75 Å². The second kappa shape index (κ2) is 7.58. The highest BCUT2D eigenvalue weighted by Crippen LogP contribution is 2.34. The lowest BCUT2D eigenvalue weighted by Gasteiger charge is -2.22. The number of hydrogen-bond donors (Lipinski definition) is 3. The van der Waals surface area contributed by atoms with Gasteiger partial charge in [-0.15, -0.1) is 0 Å². The molecule has 1 amide bonds. The number of rotatable bonds is 6. The molecule has 0 spiro atoms. The molecule has 3 aromatic rings. The van der Waals surface area contributed by atoms with Gasteiger partial charge in [0.25, 0.3) is 0 Å². The minimum absolute atomic E-state index is 0.115. The highest BCUT2D eigenvalue weighted by atomic mass is 16.5. The van der Waals surface area contributed by atoms with E-state index in [2.05, 4.69) is 34.0 Å². The molecule has 1 aromatic heterocycles. The normalized spacial score (nSPS) is 13.1. The van der Waals surface area contributed by atoms with Crippen molar-refractivity contribution in [2.75, 3.05) is 0 Å². The molecule has 0 bridgehead atoms. The molecule has 0 atom stereocenters. The van der Waals surface area contributed by atoms with E-state index in [-0.39, 0.29) is 5.91 Å². The minimum Gasteiger partial charge on any atom is -0.488 e. The number of allylic oxidation sites excluding steroid dienone is 1. The average molecular weight is 361 g/mol. The predicted molar refractivity (Wildman–Crippen MR) is 107 cm³/mol. The molecule has 1 fully saturated rings. The van der Waals surface area contributed by atoms with Gasteiger partial charge in [0.2, 0.25) is 5.91 Å². The van der Waals surface area contributed by atoms with Crippen LogP contribution in [0.3, 0.4) is 0 Å². The molecule has 1 saturated carbocycles. The van der Waals surface area contributed by atoms with Crippen LogP contribution in [0.25, 0.3) is 16.6 Å². The van der Waals surface area contributed by atoms with E-state index in [1.54, 1.807) is 0 Å². The number of hydrogen-bond acceptors (Lipinski definition) is 3. The molecule has 5 nitrogen and oxygen atoms in total. The van der Waals surface area contributed by atoms with E-state index in [9.17, 15) is 4.79 Å². The van der Waals surface area contributed by atoms with Gasteiger partial charge in [0.05, 0.1) is 11.4 Å². The summed E-state index contributed by atoms with van der Waals surface area (Å²) < 4.78 is 6.07. The summed E-state index contributed by atoms with van der Waals surface area (Å²) in [5, 5.41) is 1.03. The summed E-state index contributed by atoms with van der Waals surface area (Å²) in [6.07, 6.45) is 3.29. The van der Waals surface area contributed by atoms with Crippen molar-refractivity contribution in [2.45, 2.75) is 32.8 Å². The molecule has 1 aliphatic rings. The summed E-state index contributed by atoms with van der Waals surface area (Å²) in [5.41, 5.74) is 11.2. The molecule has 2 aromatic carbocycles. The Morgan fingerprint density at radius 3 is 2.59 bits per heavy atom. The number of fused-ring (bicyclic) bond motifs is 1. The van der Waals surface area contributed by atoms with Gasteiger partial charge < -0.3 is 9.72 Å². The lowest BCUT2D eigenvalue weighted by atomic mass is 9.90. The molecule has 5 heteroatoms. The first kappa shape index (κ1) is 17.2. The smallest absolute Gasteiger partial charge is 0.235 e. The molecule has 27 heavy (non-hydrogen) atoms. The molecular weight excluding hydrogens is 338 g/mol. The van der Waals surface area contributed by atoms with Crippen LogP contribution in [-0.4, -0.2) is 10.9 Å². The number of amides is 1. The van der Waals surface area contributed by atoms with Crippen LogP contribution in [0.4, 0.5) is 0 Å². The highest BCUT2D eigenvalue weighted by Gasteiger charge is 2.18. The van der Waals surface area contributed by atoms with Crippen LogP contribution >= 0.6 is 0 Å². The van der Waals surface area contributed by atoms with E-state index in [1.807, 2.05) is 36.4 Å². The summed E-state index contributed by atoms with van der Waals surface area (Å²) in [4.78, 5) is 14.8. The van der Waals surface area contributed by atoms with E-state index < -0.39 is 0 Å². The Morgan fingerprint density at radius 2 is 1.89 bits per heavy atom. The van der Waals surface area contributed by atoms with Crippen molar-refractivity contribution in [2.24, 2.45) is 0 Å². The Morgan fingerprint density at radius 1 is 1.07 bits per heavy atom. The first-order valence-electron chi connectivity index (χ1n) is 9.24. The van der Waals surface area contributed by atoms with Crippen molar-refractivity contribution in [3.05, 3.63) is 71.4 Å². The van der Waals surface area contributed by atoms with Gasteiger partial charge in [-0.3, -0.25) is 15.6 Å². The number of aromatic amines is 1. The van der Waals surface area contributed by atoms with Crippen molar-refractivity contribution < 1.29 is 9.53 Å². The molecule has 138 valence electrons. The maximum absolute atomic E-state index is 11.3. The molecule has 1 aliphatic carbocycles. The first-order chi connectivity index (χ1) is 13.2. The lowest BCUT2D eigenvalue weighted by molar-refractivity contribution is -0.119. The van der Waals surface area contributed by atoms with Gasteiger partial charge in [-0.05, 0) is 48.6 Å². The Hall–Kier alpha value is -3.21. The second-order valence-electron chi connectivity index (χ2n) is 6.81. The lowest BCUT2D eigenvalue weighted by Crippen LogP contribution is -2.35. The SMILES string of the molecule is CC(=O)NNC(=C1CCC1)c1cc2c(OCc3ccccc3)cccc2[nH]1. The third-order valence-electron chi connectivity index (χ3n) is 4.80. The minimum atomic E-state index is -0.115. The van der Waals surface area contributed by atoms with E-state index in [0.717, 1.165) is 46.4 Å². The number of H-pyrrole nitrogens is 1. The number of nitrogens with one attached hydrogen (secondary N) is 3. The zero-order valence-electron chi connectivity index (χ0n) is 15.3. The van der Waals surface area contributed by atoms with Crippen molar-refractivity contribution in [3.8, 4) is 5.75 Å². The Labute approximate surface area is 158 Å². The quantitative estimate of drug-likeness (QED) is 0.574. The Kier molecular flexibility index (Phi) is 4.83. The van der Waals surface area contributed by atoms with E-state index in [4.69, 9.17) is 4.74 Å². The molecule has 4 rings (SSSR count). The van der Waals surface area contributed by atoms with Crippen LogP contribution in [0, 0.1) is 0 Å². The van der Waals surface area contributed by atoms with Gasteiger partial charge >= 0.3 is 0 Å². The number of hydrazine groups is 1. The van der Waals surface area contributed by atoms with Crippen LogP contribution in [0.15, 0.2) is 60.2 Å². The fourth-order valence-electron chi connectivity index (χ4n) is 3.22. The molecule has 0 unspecified atom stereocenters. The van der Waals surface area contributed by atoms with Gasteiger partial charge in [-0.25, -0.2) is 0 Å². The zero-order valence-corrected chi connectivity index (χ0v) is 15.3. The number of benzene rings is 2. The van der Waals surface area contributed by atoms with Gasteiger partial charge in [-0.2, -0.15) is 0 Å². The van der Waals surface area contributed by atoms with Crippen LogP contribution in [0.1, 0.15) is 37.4 Å². The van der Waals surface area contributed by atoms with E-state index >= 15 is 0 Å². The Balaban J connectivity index is 1.62. The van der Waals surface area contributed by atoms with Crippen molar-refractivity contribution in [1.29, 1.82) is 0 Å². The van der Waals surface area contributed by atoms with Crippen molar-refractivity contribution in [3.63, 3.8) is 0 Å². The fourth-order valence-corrected chi connectivity index (χ4v) is 3.22. The van der Waals surface area contributed by atoms with Gasteiger partial charge in [0, 0.05) is 17.8 Å². The summed E-state index contributed by atoms with van der Waals surface area (Å²) in [5.74, 6) is 0.728. The Bertz CT molecular complexity index is 983. The second-order valence-corrected chi connectivity index (χ2v) is 6.81. The molecule has 0 aliphatic heterocycles. The summed E-state index contributed by atoms with van der Waals surface area (Å²) in [6, 6.07) is 18.2. The first-order valence-corrected chi connectivity index (χ1v) is 9.24. The van der Waals surface area contributed by atoms with Gasteiger partial charge in [0.1, 0.15) is 12.4 Å². The third kappa shape index (κ3) is 3.82. The topological polar surface area (TPSA) is 66.2 Å². The number of ether oxygens (including phenoxy) is 1. The predicted octanol–water partition coefficient (Wildman–Crippen LogP) is 4.28. The van der Waals surface area contributed by atoms with Crippen LogP contribution in [-0.2, 0) is 11.4 Å². The van der Waals surface area contributed by atoms with Crippen LogP contribution in [0.2, 0.25) is 0 Å². The van der Waals surface area contributed by atoms with Crippen molar-refractivity contribution >= 4 is 22.5 Å². The summed E-state index contributed by atoms with van der Waals surface area (Å²) in [7, 11) is 0. The summed E-state index contributed by atoms with van der Waals surface area (Å²) in [6.45, 7) is 2.02. The number of carbonyl (C=O) groups is 1. The number of aromatic nitrogens is 1. The van der Waals surface area contributed by atoms with Crippen LogP contribution < -0.4 is 15.6 Å². The average Bonchev–Trinajstić information content (AvgIpc) is 3.07. The highest BCUT2D eigenvalue weighted by molar-refractivity contribution is 5.90. The maximum atomic E-state index is 11.3. The molecule has 1 heterocycles. The molecule has 0 radical (unpaired) electrons. The van der Waals surface area contributed by atoms with Gasteiger partial charge in [-0.1, -0.05) is 36.4 Å². The maximum Gasteiger partial charge on any atom is 0.235 e. The third-order valence-corrected chi connectivity index (χ3v) is 4.80. The van der Waals surface area contributed by atoms with Gasteiger partial charge in [0.15, 0.2) is 0 Å². The molecule has 3 N–H and O–H groups in total. The molecular formula is C22H23N3O2.